The highest BCUT2D eigenvalue weighted by Gasteiger charge is 2.01. The van der Waals surface area contributed by atoms with Gasteiger partial charge in [0.2, 0.25) is 0 Å². The van der Waals surface area contributed by atoms with E-state index in [2.05, 4.69) is 4.90 Å². The summed E-state index contributed by atoms with van der Waals surface area (Å²) in [6, 6.07) is 0. The number of nitrogens with zero attached hydrogens (tertiary/aromatic N) is 1. The predicted octanol–water partition coefficient (Wildman–Crippen LogP) is 0.678. The van der Waals surface area contributed by atoms with E-state index in [1.807, 2.05) is 26.2 Å². The molecule has 0 atom stereocenters. The van der Waals surface area contributed by atoms with Crippen LogP contribution in [0.3, 0.4) is 0 Å². The Morgan fingerprint density at radius 2 is 2.33 bits per heavy atom. The summed E-state index contributed by atoms with van der Waals surface area (Å²) in [6.45, 7) is 2.89. The largest absolute Gasteiger partial charge is 0.400 e. The Kier molecular flexibility index (Phi) is 1.47. The molecule has 0 saturated carbocycles. The van der Waals surface area contributed by atoms with Gasteiger partial charge in [-0.1, -0.05) is 0 Å². The Balaban J connectivity index is 2.75. The average molecular weight is 124 g/mol. The second-order valence-electron chi connectivity index (χ2n) is 2.44. The van der Waals surface area contributed by atoms with E-state index in [0.717, 1.165) is 12.2 Å². The van der Waals surface area contributed by atoms with E-state index < -0.39 is 0 Å². The minimum Gasteiger partial charge on any atom is -0.400 e. The molecule has 0 fully saturated rings. The van der Waals surface area contributed by atoms with Gasteiger partial charge in [-0.15, -0.1) is 0 Å². The van der Waals surface area contributed by atoms with E-state index in [1.54, 1.807) is 0 Å². The Bertz CT molecular complexity index is 168. The minimum atomic E-state index is 0.863. The van der Waals surface area contributed by atoms with Crippen LogP contribution in [0, 0.1) is 0 Å². The van der Waals surface area contributed by atoms with Crippen LogP contribution in [0.15, 0.2) is 23.5 Å². The van der Waals surface area contributed by atoms with Gasteiger partial charge >= 0.3 is 0 Å². The van der Waals surface area contributed by atoms with Crippen molar-refractivity contribution in [2.45, 2.75) is 6.92 Å². The van der Waals surface area contributed by atoms with Crippen LogP contribution < -0.4 is 5.73 Å². The molecule has 2 heteroatoms. The lowest BCUT2D eigenvalue weighted by molar-refractivity contribution is 0.485. The summed E-state index contributed by atoms with van der Waals surface area (Å²) < 4.78 is 0. The molecule has 0 radical (unpaired) electrons. The first-order chi connectivity index (χ1) is 4.20. The maximum Gasteiger partial charge on any atom is 0.0568 e. The summed E-state index contributed by atoms with van der Waals surface area (Å²) in [7, 11) is 2.01. The maximum absolute atomic E-state index is 5.66. The Labute approximate surface area is 55.6 Å². The number of nitrogens with two attached hydrogens (primary N) is 1. The van der Waals surface area contributed by atoms with E-state index in [0.29, 0.717) is 0 Å². The van der Waals surface area contributed by atoms with Gasteiger partial charge in [0, 0.05) is 12.7 Å². The zero-order valence-electron chi connectivity index (χ0n) is 5.89. The zero-order valence-corrected chi connectivity index (χ0v) is 5.89. The van der Waals surface area contributed by atoms with Gasteiger partial charge in [-0.25, -0.2) is 0 Å². The van der Waals surface area contributed by atoms with Crippen LogP contribution in [-0.4, -0.2) is 18.5 Å². The SMILES string of the molecule is CC1=C(N)CN(C)C=C1. The molecule has 0 aliphatic carbocycles. The van der Waals surface area contributed by atoms with E-state index >= 15 is 0 Å². The van der Waals surface area contributed by atoms with Crippen molar-refractivity contribution in [3.63, 3.8) is 0 Å². The monoisotopic (exact) mass is 124 g/mol. The molecule has 50 valence electrons. The fourth-order valence-electron chi connectivity index (χ4n) is 0.792. The van der Waals surface area contributed by atoms with Crippen molar-refractivity contribution in [1.82, 2.24) is 4.90 Å². The molecule has 1 heterocycles. The fraction of sp³-hybridized carbons (Fsp3) is 0.429. The van der Waals surface area contributed by atoms with Crippen molar-refractivity contribution in [2.75, 3.05) is 13.6 Å². The number of allylic oxidation sites excluding steroid dienone is 2. The third-order valence-electron chi connectivity index (χ3n) is 1.51. The van der Waals surface area contributed by atoms with Gasteiger partial charge in [0.1, 0.15) is 0 Å². The highest BCUT2D eigenvalue weighted by molar-refractivity contribution is 5.25. The molecule has 0 aromatic rings. The van der Waals surface area contributed by atoms with Gasteiger partial charge in [0.25, 0.3) is 0 Å². The fourth-order valence-corrected chi connectivity index (χ4v) is 0.792. The van der Waals surface area contributed by atoms with Gasteiger partial charge in [0.05, 0.1) is 6.54 Å². The van der Waals surface area contributed by atoms with Crippen molar-refractivity contribution in [2.24, 2.45) is 5.73 Å². The Morgan fingerprint density at radius 3 is 2.78 bits per heavy atom. The summed E-state index contributed by atoms with van der Waals surface area (Å²) in [4.78, 5) is 2.06. The molecular formula is C7H12N2. The van der Waals surface area contributed by atoms with Crippen molar-refractivity contribution >= 4 is 0 Å². The summed E-state index contributed by atoms with van der Waals surface area (Å²) in [6.07, 6.45) is 4.06. The lowest BCUT2D eigenvalue weighted by Gasteiger charge is -2.19. The maximum atomic E-state index is 5.66. The van der Waals surface area contributed by atoms with E-state index in [1.165, 1.54) is 5.57 Å². The van der Waals surface area contributed by atoms with Gasteiger partial charge in [-0.3, -0.25) is 0 Å². The Hall–Kier alpha value is -0.920. The second kappa shape index (κ2) is 2.13. The highest BCUT2D eigenvalue weighted by atomic mass is 15.1. The van der Waals surface area contributed by atoms with Gasteiger partial charge < -0.3 is 10.6 Å². The molecule has 1 rings (SSSR count). The summed E-state index contributed by atoms with van der Waals surface area (Å²) >= 11 is 0. The quantitative estimate of drug-likeness (QED) is 0.514. The van der Waals surface area contributed by atoms with Crippen molar-refractivity contribution in [3.05, 3.63) is 23.5 Å². The molecule has 1 aliphatic rings. The van der Waals surface area contributed by atoms with Crippen LogP contribution in [0.2, 0.25) is 0 Å². The lowest BCUT2D eigenvalue weighted by atomic mass is 10.2. The molecule has 0 bridgehead atoms. The van der Waals surface area contributed by atoms with Gasteiger partial charge in [-0.2, -0.15) is 0 Å². The third kappa shape index (κ3) is 1.25. The van der Waals surface area contributed by atoms with Crippen molar-refractivity contribution in [1.29, 1.82) is 0 Å². The number of hydrogen-bond donors (Lipinski definition) is 1. The molecule has 0 unspecified atom stereocenters. The first-order valence-electron chi connectivity index (χ1n) is 3.04. The summed E-state index contributed by atoms with van der Waals surface area (Å²) in [5, 5.41) is 0. The van der Waals surface area contributed by atoms with E-state index in [4.69, 9.17) is 5.73 Å². The molecule has 0 aromatic heterocycles. The van der Waals surface area contributed by atoms with Crippen molar-refractivity contribution in [3.8, 4) is 0 Å². The smallest absolute Gasteiger partial charge is 0.0568 e. The first kappa shape index (κ1) is 6.20. The molecule has 2 N–H and O–H groups in total. The van der Waals surface area contributed by atoms with Crippen LogP contribution in [0.25, 0.3) is 0 Å². The summed E-state index contributed by atoms with van der Waals surface area (Å²) in [5.41, 5.74) is 7.82. The van der Waals surface area contributed by atoms with E-state index in [-0.39, 0.29) is 0 Å². The van der Waals surface area contributed by atoms with Crippen LogP contribution >= 0.6 is 0 Å². The first-order valence-corrected chi connectivity index (χ1v) is 3.04. The van der Waals surface area contributed by atoms with Crippen molar-refractivity contribution < 1.29 is 0 Å². The number of rotatable bonds is 0. The molecule has 2 nitrogen and oxygen atoms in total. The van der Waals surface area contributed by atoms with Gasteiger partial charge in [-0.05, 0) is 24.8 Å². The molecule has 0 amide bonds. The molecule has 0 aromatic carbocycles. The number of likely N-dealkylation sites (N-methyl/N-ethyl adjacent to an activating group) is 1. The molecular weight excluding hydrogens is 112 g/mol. The van der Waals surface area contributed by atoms with Crippen LogP contribution in [0.4, 0.5) is 0 Å². The molecule has 9 heavy (non-hydrogen) atoms. The Morgan fingerprint density at radius 1 is 1.67 bits per heavy atom. The highest BCUT2D eigenvalue weighted by Crippen LogP contribution is 2.07. The molecule has 0 saturated heterocycles. The number of hydrogen-bond acceptors (Lipinski definition) is 2. The van der Waals surface area contributed by atoms with Crippen LogP contribution in [0.1, 0.15) is 6.92 Å². The topological polar surface area (TPSA) is 29.3 Å². The minimum absolute atomic E-state index is 0.863. The standard InChI is InChI=1S/C7H12N2/c1-6-3-4-9(2)5-7(6)8/h3-4H,5,8H2,1-2H3. The normalized spacial score (nSPS) is 19.1. The van der Waals surface area contributed by atoms with Crippen LogP contribution in [-0.2, 0) is 0 Å². The lowest BCUT2D eigenvalue weighted by Crippen LogP contribution is -2.22. The predicted molar refractivity (Wildman–Crippen MR) is 38.7 cm³/mol. The molecule has 1 aliphatic heterocycles. The average Bonchev–Trinajstić information content (AvgIpc) is 1.80. The summed E-state index contributed by atoms with van der Waals surface area (Å²) in [5.74, 6) is 0. The third-order valence-corrected chi connectivity index (χ3v) is 1.51. The van der Waals surface area contributed by atoms with Crippen LogP contribution in [0.5, 0.6) is 0 Å². The zero-order chi connectivity index (χ0) is 6.85. The second-order valence-corrected chi connectivity index (χ2v) is 2.44. The van der Waals surface area contributed by atoms with E-state index in [9.17, 15) is 0 Å². The van der Waals surface area contributed by atoms with Gasteiger partial charge in [0.15, 0.2) is 0 Å². The molecule has 0 spiro atoms.